The van der Waals surface area contributed by atoms with E-state index in [1.165, 1.54) is 15.8 Å². The zero-order valence-corrected chi connectivity index (χ0v) is 27.4. The molecule has 7 rings (SSSR count). The third-order valence-electron chi connectivity index (χ3n) is 9.49. The first-order chi connectivity index (χ1) is 23.0. The number of thiophene rings is 1. The van der Waals surface area contributed by atoms with Gasteiger partial charge in [-0.05, 0) is 96.4 Å². The second-order valence-electron chi connectivity index (χ2n) is 12.6. The normalized spacial score (nSPS) is 14.6. The third-order valence-corrected chi connectivity index (χ3v) is 10.4. The zero-order chi connectivity index (χ0) is 32.1. The predicted octanol–water partition coefficient (Wildman–Crippen LogP) is 6.94. The molecule has 0 bridgehead atoms. The standard InChI is InChI=1S/C38H40N4O4S/c43-37-14-10-28-8-12-30(26-33(28)39-37)45-23-3-1-19-42(21-17-41(18-22-42)35-6-5-7-36-32(35)16-25-47-36)20-2-4-24-46-31-13-9-29-11-15-38(44)40-34(29)27-31/h5-16,25-27H,1-4,17-24H2,(H-,39,40,43,44)/p+1. The van der Waals surface area contributed by atoms with Gasteiger partial charge in [0.1, 0.15) is 11.5 Å². The number of hydrogen-bond acceptors (Lipinski definition) is 6. The van der Waals surface area contributed by atoms with Crippen LogP contribution in [0.25, 0.3) is 31.9 Å². The van der Waals surface area contributed by atoms with Crippen molar-refractivity contribution in [3.05, 3.63) is 111 Å². The molecule has 0 atom stereocenters. The van der Waals surface area contributed by atoms with Crippen LogP contribution in [0.2, 0.25) is 0 Å². The number of fused-ring (bicyclic) bond motifs is 3. The smallest absolute Gasteiger partial charge is 0.248 e. The van der Waals surface area contributed by atoms with Gasteiger partial charge in [-0.3, -0.25) is 9.59 Å². The van der Waals surface area contributed by atoms with E-state index in [4.69, 9.17) is 9.47 Å². The van der Waals surface area contributed by atoms with Crippen LogP contribution in [0.3, 0.4) is 0 Å². The number of pyridine rings is 2. The fourth-order valence-electron chi connectivity index (χ4n) is 6.86. The number of hydrogen-bond donors (Lipinski definition) is 2. The van der Waals surface area contributed by atoms with Gasteiger partial charge >= 0.3 is 0 Å². The molecule has 0 spiro atoms. The van der Waals surface area contributed by atoms with Crippen molar-refractivity contribution in [3.8, 4) is 11.5 Å². The lowest BCUT2D eigenvalue weighted by Crippen LogP contribution is -2.60. The van der Waals surface area contributed by atoms with Crippen LogP contribution in [-0.2, 0) is 0 Å². The van der Waals surface area contributed by atoms with Gasteiger partial charge in [0.2, 0.25) is 11.1 Å². The van der Waals surface area contributed by atoms with Gasteiger partial charge in [-0.25, -0.2) is 0 Å². The molecular formula is C38H41N4O4S+. The number of quaternary nitrogens is 1. The Hall–Kier alpha value is -4.60. The molecule has 0 amide bonds. The van der Waals surface area contributed by atoms with Gasteiger partial charge in [-0.15, -0.1) is 11.3 Å². The Morgan fingerprint density at radius 1 is 0.681 bits per heavy atom. The Balaban J connectivity index is 0.944. The molecule has 0 radical (unpaired) electrons. The van der Waals surface area contributed by atoms with Gasteiger partial charge in [0.15, 0.2) is 0 Å². The minimum absolute atomic E-state index is 0.103. The molecular weight excluding hydrogens is 609 g/mol. The Bertz CT molecular complexity index is 1990. The van der Waals surface area contributed by atoms with E-state index >= 15 is 0 Å². The van der Waals surface area contributed by atoms with E-state index in [9.17, 15) is 9.59 Å². The Morgan fingerprint density at radius 2 is 1.26 bits per heavy atom. The number of nitrogens with zero attached hydrogens (tertiary/aromatic N) is 2. The number of anilines is 1. The van der Waals surface area contributed by atoms with Crippen molar-refractivity contribution >= 4 is 48.9 Å². The second-order valence-corrected chi connectivity index (χ2v) is 13.5. The summed E-state index contributed by atoms with van der Waals surface area (Å²) in [6.45, 7) is 7.91. The second kappa shape index (κ2) is 14.0. The first-order valence-corrected chi connectivity index (χ1v) is 17.5. The van der Waals surface area contributed by atoms with E-state index in [-0.39, 0.29) is 11.1 Å². The number of aromatic amines is 2. The first kappa shape index (κ1) is 31.0. The Morgan fingerprint density at radius 3 is 1.85 bits per heavy atom. The maximum absolute atomic E-state index is 11.7. The quantitative estimate of drug-likeness (QED) is 0.105. The summed E-state index contributed by atoms with van der Waals surface area (Å²) in [7, 11) is 0. The highest BCUT2D eigenvalue weighted by Gasteiger charge is 2.32. The molecule has 1 saturated heterocycles. The minimum Gasteiger partial charge on any atom is -0.494 e. The molecule has 47 heavy (non-hydrogen) atoms. The summed E-state index contributed by atoms with van der Waals surface area (Å²) in [5.41, 5.74) is 2.75. The van der Waals surface area contributed by atoms with Crippen LogP contribution in [0.1, 0.15) is 25.7 Å². The molecule has 3 aromatic heterocycles. The van der Waals surface area contributed by atoms with Crippen molar-refractivity contribution in [2.45, 2.75) is 25.7 Å². The maximum atomic E-state index is 11.7. The van der Waals surface area contributed by atoms with Crippen LogP contribution in [0.15, 0.2) is 99.9 Å². The van der Waals surface area contributed by atoms with Gasteiger partial charge < -0.3 is 28.8 Å². The van der Waals surface area contributed by atoms with Crippen molar-refractivity contribution in [2.24, 2.45) is 0 Å². The summed E-state index contributed by atoms with van der Waals surface area (Å²) >= 11 is 1.81. The monoisotopic (exact) mass is 649 g/mol. The third kappa shape index (κ3) is 7.37. The molecule has 1 aliphatic heterocycles. The average molecular weight is 650 g/mol. The van der Waals surface area contributed by atoms with Crippen LogP contribution < -0.4 is 25.5 Å². The predicted molar refractivity (Wildman–Crippen MR) is 192 cm³/mol. The van der Waals surface area contributed by atoms with Crippen molar-refractivity contribution < 1.29 is 14.0 Å². The SMILES string of the molecule is O=c1ccc2ccc(OCCCC[N+]3(CCCCOc4ccc5ccc(=O)[nH]c5c4)CCN(c4cccc5sccc45)CC3)cc2[nH]1. The summed E-state index contributed by atoms with van der Waals surface area (Å²) in [6.07, 6.45) is 4.15. The number of unbranched alkanes of at least 4 members (excludes halogenated alkanes) is 2. The lowest BCUT2D eigenvalue weighted by molar-refractivity contribution is -0.929. The highest BCUT2D eigenvalue weighted by atomic mass is 32.1. The van der Waals surface area contributed by atoms with Gasteiger partial charge in [-0.1, -0.05) is 6.07 Å². The van der Waals surface area contributed by atoms with Gasteiger partial charge in [0.05, 0.1) is 63.5 Å². The van der Waals surface area contributed by atoms with E-state index in [1.807, 2.05) is 59.9 Å². The number of piperazine rings is 1. The topological polar surface area (TPSA) is 87.4 Å². The van der Waals surface area contributed by atoms with Crippen LogP contribution in [-0.4, -0.2) is 66.9 Å². The van der Waals surface area contributed by atoms with E-state index in [0.717, 1.165) is 103 Å². The lowest BCUT2D eigenvalue weighted by Gasteiger charge is -2.46. The van der Waals surface area contributed by atoms with E-state index in [2.05, 4.69) is 44.5 Å². The fraction of sp³-hybridized carbons (Fsp3) is 0.316. The fourth-order valence-corrected chi connectivity index (χ4v) is 7.67. The van der Waals surface area contributed by atoms with Crippen LogP contribution in [0, 0.1) is 0 Å². The van der Waals surface area contributed by atoms with E-state index in [1.54, 1.807) is 12.1 Å². The van der Waals surface area contributed by atoms with Crippen LogP contribution in [0.4, 0.5) is 5.69 Å². The highest BCUT2D eigenvalue weighted by molar-refractivity contribution is 7.17. The van der Waals surface area contributed by atoms with E-state index < -0.39 is 0 Å². The Kier molecular flexibility index (Phi) is 9.26. The lowest BCUT2D eigenvalue weighted by atomic mass is 10.1. The molecule has 0 unspecified atom stereocenters. The molecule has 0 aliphatic carbocycles. The van der Waals surface area contributed by atoms with Gasteiger partial charge in [-0.2, -0.15) is 0 Å². The molecule has 0 saturated carbocycles. The van der Waals surface area contributed by atoms with Gasteiger partial charge in [0.25, 0.3) is 0 Å². The van der Waals surface area contributed by atoms with Crippen LogP contribution >= 0.6 is 11.3 Å². The molecule has 4 heterocycles. The van der Waals surface area contributed by atoms with Crippen molar-refractivity contribution in [1.29, 1.82) is 0 Å². The summed E-state index contributed by atoms with van der Waals surface area (Å²) < 4.78 is 14.7. The first-order valence-electron chi connectivity index (χ1n) is 16.6. The number of H-pyrrole nitrogens is 2. The van der Waals surface area contributed by atoms with Crippen molar-refractivity contribution in [2.75, 3.05) is 57.4 Å². The minimum atomic E-state index is -0.103. The number of nitrogens with one attached hydrogen (secondary N) is 2. The number of benzene rings is 3. The van der Waals surface area contributed by atoms with E-state index in [0.29, 0.717) is 13.2 Å². The molecule has 8 nitrogen and oxygen atoms in total. The summed E-state index contributed by atoms with van der Waals surface area (Å²) in [6, 6.07) is 27.4. The maximum Gasteiger partial charge on any atom is 0.248 e. The number of rotatable bonds is 13. The Labute approximate surface area is 277 Å². The largest absolute Gasteiger partial charge is 0.494 e. The summed E-state index contributed by atoms with van der Waals surface area (Å²) in [5, 5.41) is 5.55. The number of aromatic nitrogens is 2. The van der Waals surface area contributed by atoms with Gasteiger partial charge in [0, 0.05) is 40.0 Å². The van der Waals surface area contributed by atoms with Crippen LogP contribution in [0.5, 0.6) is 11.5 Å². The average Bonchev–Trinajstić information content (AvgIpc) is 3.58. The molecule has 1 aliphatic rings. The molecule has 1 fully saturated rings. The molecule has 3 aromatic carbocycles. The molecule has 6 aromatic rings. The zero-order valence-electron chi connectivity index (χ0n) is 26.6. The highest BCUT2D eigenvalue weighted by Crippen LogP contribution is 2.32. The summed E-state index contributed by atoms with van der Waals surface area (Å²) in [5.74, 6) is 1.58. The molecule has 9 heteroatoms. The van der Waals surface area contributed by atoms with Crippen molar-refractivity contribution in [3.63, 3.8) is 0 Å². The molecule has 2 N–H and O–H groups in total. The van der Waals surface area contributed by atoms with Crippen molar-refractivity contribution in [1.82, 2.24) is 9.97 Å². The molecule has 242 valence electrons. The number of ether oxygens (including phenoxy) is 2. The summed E-state index contributed by atoms with van der Waals surface area (Å²) in [4.78, 5) is 31.8.